The van der Waals surface area contributed by atoms with Gasteiger partial charge in [0, 0.05) is 6.07 Å². The van der Waals surface area contributed by atoms with Crippen LogP contribution in [0.1, 0.15) is 17.6 Å². The lowest BCUT2D eigenvalue weighted by Gasteiger charge is -2.07. The van der Waals surface area contributed by atoms with Gasteiger partial charge in [0.25, 0.3) is 5.56 Å². The smallest absolute Gasteiger partial charge is 0.344 e. The summed E-state index contributed by atoms with van der Waals surface area (Å²) in [6, 6.07) is 8.12. The van der Waals surface area contributed by atoms with Crippen molar-refractivity contribution in [1.82, 2.24) is 14.6 Å². The number of esters is 1. The van der Waals surface area contributed by atoms with Gasteiger partial charge in [0.15, 0.2) is 6.61 Å². The Morgan fingerprint density at radius 1 is 1.36 bits per heavy atom. The summed E-state index contributed by atoms with van der Waals surface area (Å²) < 4.78 is 11.6. The highest BCUT2D eigenvalue weighted by atomic mass is 35.5. The maximum Gasteiger partial charge on any atom is 0.344 e. The second-order valence-electron chi connectivity index (χ2n) is 5.01. The molecule has 0 bridgehead atoms. The van der Waals surface area contributed by atoms with Gasteiger partial charge in [-0.2, -0.15) is 9.61 Å². The Balaban J connectivity index is 1.61. The first-order valence-corrected chi connectivity index (χ1v) is 8.68. The number of aryl methyl sites for hydroxylation is 1. The number of benzene rings is 1. The molecular formula is C16H14ClN3O4S. The molecule has 25 heavy (non-hydrogen) atoms. The van der Waals surface area contributed by atoms with Crippen LogP contribution in [-0.2, 0) is 22.6 Å². The van der Waals surface area contributed by atoms with E-state index in [-0.39, 0.29) is 18.8 Å². The Hall–Kier alpha value is -2.45. The number of para-hydroxylation sites is 1. The minimum absolute atomic E-state index is 0.115. The van der Waals surface area contributed by atoms with Gasteiger partial charge in [-0.15, -0.1) is 0 Å². The predicted molar refractivity (Wildman–Crippen MR) is 93.3 cm³/mol. The Morgan fingerprint density at radius 3 is 2.92 bits per heavy atom. The van der Waals surface area contributed by atoms with Gasteiger partial charge in [-0.25, -0.2) is 9.78 Å². The fourth-order valence-electron chi connectivity index (χ4n) is 2.01. The zero-order chi connectivity index (χ0) is 17.8. The maximum absolute atomic E-state index is 12.0. The van der Waals surface area contributed by atoms with Gasteiger partial charge >= 0.3 is 5.97 Å². The van der Waals surface area contributed by atoms with Crippen molar-refractivity contribution < 1.29 is 14.3 Å². The quantitative estimate of drug-likeness (QED) is 0.612. The van der Waals surface area contributed by atoms with E-state index in [0.29, 0.717) is 21.4 Å². The molecule has 3 rings (SSSR count). The molecule has 0 amide bonds. The lowest BCUT2D eigenvalue weighted by atomic mass is 10.3. The molecule has 0 radical (unpaired) electrons. The van der Waals surface area contributed by atoms with Crippen LogP contribution >= 0.6 is 22.9 Å². The molecule has 0 aliphatic rings. The molecule has 0 saturated carbocycles. The normalized spacial score (nSPS) is 10.8. The minimum Gasteiger partial charge on any atom is -0.480 e. The van der Waals surface area contributed by atoms with Gasteiger partial charge in [-0.3, -0.25) is 4.79 Å². The molecular weight excluding hydrogens is 366 g/mol. The third kappa shape index (κ3) is 4.15. The monoisotopic (exact) mass is 379 g/mol. The molecule has 2 heterocycles. The van der Waals surface area contributed by atoms with E-state index in [0.717, 1.165) is 11.4 Å². The molecule has 0 atom stereocenters. The van der Waals surface area contributed by atoms with Crippen molar-refractivity contribution in [2.24, 2.45) is 0 Å². The zero-order valence-corrected chi connectivity index (χ0v) is 14.8. The first kappa shape index (κ1) is 17.4. The maximum atomic E-state index is 12.0. The van der Waals surface area contributed by atoms with Gasteiger partial charge < -0.3 is 9.47 Å². The number of carbonyl (C=O) groups is 1. The molecule has 0 aliphatic heterocycles. The fourth-order valence-corrected chi connectivity index (χ4v) is 3.06. The van der Waals surface area contributed by atoms with Crippen LogP contribution in [0.2, 0.25) is 5.02 Å². The Morgan fingerprint density at radius 2 is 2.16 bits per heavy atom. The van der Waals surface area contributed by atoms with Gasteiger partial charge in [-0.1, -0.05) is 42.0 Å². The third-order valence-corrected chi connectivity index (χ3v) is 4.57. The van der Waals surface area contributed by atoms with Crippen LogP contribution in [0.4, 0.5) is 0 Å². The van der Waals surface area contributed by atoms with Crippen LogP contribution < -0.4 is 10.3 Å². The summed E-state index contributed by atoms with van der Waals surface area (Å²) in [7, 11) is 0. The first-order valence-electron chi connectivity index (χ1n) is 7.48. The molecule has 3 aromatic rings. The van der Waals surface area contributed by atoms with Crippen molar-refractivity contribution in [3.63, 3.8) is 0 Å². The first-order chi connectivity index (χ1) is 12.1. The average Bonchev–Trinajstić information content (AvgIpc) is 3.03. The molecule has 9 heteroatoms. The van der Waals surface area contributed by atoms with E-state index in [2.05, 4.69) is 10.1 Å². The number of nitrogens with zero attached hydrogens (tertiary/aromatic N) is 3. The van der Waals surface area contributed by atoms with E-state index in [1.165, 1.54) is 21.9 Å². The summed E-state index contributed by atoms with van der Waals surface area (Å²) in [5.41, 5.74) is 0.0571. The SMILES string of the molecule is CCc1nn2c(=O)cc(COC(=O)COc3ccccc3Cl)nc2s1. The summed E-state index contributed by atoms with van der Waals surface area (Å²) in [4.78, 5) is 28.6. The summed E-state index contributed by atoms with van der Waals surface area (Å²) in [5, 5.41) is 5.38. The molecule has 130 valence electrons. The summed E-state index contributed by atoms with van der Waals surface area (Å²) in [6.45, 7) is 1.55. The summed E-state index contributed by atoms with van der Waals surface area (Å²) in [6.07, 6.45) is 0.719. The predicted octanol–water partition coefficient (Wildman–Crippen LogP) is 2.49. The van der Waals surface area contributed by atoms with Crippen molar-refractivity contribution in [3.05, 3.63) is 56.4 Å². The molecule has 0 aliphatic carbocycles. The topological polar surface area (TPSA) is 82.8 Å². The zero-order valence-electron chi connectivity index (χ0n) is 13.3. The van der Waals surface area contributed by atoms with E-state index in [1.54, 1.807) is 24.3 Å². The molecule has 0 fully saturated rings. The van der Waals surface area contributed by atoms with E-state index in [1.807, 2.05) is 6.92 Å². The summed E-state index contributed by atoms with van der Waals surface area (Å²) >= 11 is 7.27. The standard InChI is InChI=1S/C16H14ClN3O4S/c1-2-13-19-20-14(21)7-10(18-16(20)25-13)8-24-15(22)9-23-12-6-4-3-5-11(12)17/h3-7H,2,8-9H2,1H3. The highest BCUT2D eigenvalue weighted by Crippen LogP contribution is 2.22. The number of ether oxygens (including phenoxy) is 2. The second-order valence-corrected chi connectivity index (χ2v) is 6.46. The Kier molecular flexibility index (Phi) is 5.30. The Labute approximate surface area is 151 Å². The molecule has 0 unspecified atom stereocenters. The highest BCUT2D eigenvalue weighted by molar-refractivity contribution is 7.16. The average molecular weight is 380 g/mol. The van der Waals surface area contributed by atoms with E-state index >= 15 is 0 Å². The fraction of sp³-hybridized carbons (Fsp3) is 0.250. The minimum atomic E-state index is -0.583. The van der Waals surface area contributed by atoms with Gasteiger partial charge in [0.1, 0.15) is 17.4 Å². The van der Waals surface area contributed by atoms with Gasteiger partial charge in [0.2, 0.25) is 4.96 Å². The van der Waals surface area contributed by atoms with Crippen molar-refractivity contribution in [3.8, 4) is 5.75 Å². The van der Waals surface area contributed by atoms with Crippen LogP contribution in [0.5, 0.6) is 5.75 Å². The van der Waals surface area contributed by atoms with Crippen LogP contribution in [0.25, 0.3) is 4.96 Å². The van der Waals surface area contributed by atoms with Crippen molar-refractivity contribution >= 4 is 33.9 Å². The van der Waals surface area contributed by atoms with Crippen molar-refractivity contribution in [1.29, 1.82) is 0 Å². The van der Waals surface area contributed by atoms with Gasteiger partial charge in [0.05, 0.1) is 10.7 Å². The number of halogens is 1. The van der Waals surface area contributed by atoms with Crippen LogP contribution in [-0.4, -0.2) is 27.2 Å². The molecule has 0 spiro atoms. The number of hydrogen-bond donors (Lipinski definition) is 0. The highest BCUT2D eigenvalue weighted by Gasteiger charge is 2.11. The van der Waals surface area contributed by atoms with Crippen LogP contribution in [0.3, 0.4) is 0 Å². The number of hydrogen-bond acceptors (Lipinski definition) is 7. The van der Waals surface area contributed by atoms with E-state index < -0.39 is 5.97 Å². The molecule has 7 nitrogen and oxygen atoms in total. The number of carbonyl (C=O) groups excluding carboxylic acids is 1. The largest absolute Gasteiger partial charge is 0.480 e. The lowest BCUT2D eigenvalue weighted by molar-refractivity contribution is -0.147. The number of aromatic nitrogens is 3. The van der Waals surface area contributed by atoms with Crippen molar-refractivity contribution in [2.45, 2.75) is 20.0 Å². The van der Waals surface area contributed by atoms with Gasteiger partial charge in [-0.05, 0) is 18.6 Å². The lowest BCUT2D eigenvalue weighted by Crippen LogP contribution is -2.18. The third-order valence-electron chi connectivity index (χ3n) is 3.21. The molecule has 0 N–H and O–H groups in total. The molecule has 0 saturated heterocycles. The van der Waals surface area contributed by atoms with E-state index in [9.17, 15) is 9.59 Å². The van der Waals surface area contributed by atoms with E-state index in [4.69, 9.17) is 21.1 Å². The van der Waals surface area contributed by atoms with Crippen LogP contribution in [0, 0.1) is 0 Å². The van der Waals surface area contributed by atoms with Crippen molar-refractivity contribution in [2.75, 3.05) is 6.61 Å². The molecule has 1 aromatic carbocycles. The number of rotatable bonds is 6. The van der Waals surface area contributed by atoms with Crippen LogP contribution in [0.15, 0.2) is 35.1 Å². The number of fused-ring (bicyclic) bond motifs is 1. The molecule has 2 aromatic heterocycles. The second kappa shape index (κ2) is 7.62. The Bertz CT molecular complexity index is 969. The summed E-state index contributed by atoms with van der Waals surface area (Å²) in [5.74, 6) is -0.184.